The molecule has 0 N–H and O–H groups in total. The third-order valence-corrected chi connectivity index (χ3v) is 4.40. The van der Waals surface area contributed by atoms with Crippen LogP contribution in [0.15, 0.2) is 26.1 Å². The molecule has 0 amide bonds. The lowest BCUT2D eigenvalue weighted by atomic mass is 10.3. The maximum atomic E-state index is 5.61. The summed E-state index contributed by atoms with van der Waals surface area (Å²) in [5.74, 6) is 1.53. The first-order valence-electron chi connectivity index (χ1n) is 6.54. The minimum Gasteiger partial charge on any atom is -0.416 e. The van der Waals surface area contributed by atoms with E-state index >= 15 is 0 Å². The van der Waals surface area contributed by atoms with Crippen LogP contribution in [0.4, 0.5) is 0 Å². The molecule has 0 fully saturated rings. The van der Waals surface area contributed by atoms with Gasteiger partial charge in [-0.25, -0.2) is 9.97 Å². The van der Waals surface area contributed by atoms with Gasteiger partial charge in [0.25, 0.3) is 5.22 Å². The SMILES string of the molecule is CCCc1nnc(Sc2nc(CC)nc3sccc23)o1. The van der Waals surface area contributed by atoms with E-state index in [1.165, 1.54) is 11.8 Å². The van der Waals surface area contributed by atoms with E-state index in [9.17, 15) is 0 Å². The molecule has 3 aromatic heterocycles. The van der Waals surface area contributed by atoms with E-state index in [0.29, 0.717) is 11.1 Å². The number of aromatic nitrogens is 4. The van der Waals surface area contributed by atoms with Crippen LogP contribution in [0.25, 0.3) is 10.2 Å². The molecule has 0 aliphatic carbocycles. The van der Waals surface area contributed by atoms with Gasteiger partial charge in [-0.3, -0.25) is 0 Å². The summed E-state index contributed by atoms with van der Waals surface area (Å²) >= 11 is 3.04. The zero-order valence-corrected chi connectivity index (χ0v) is 12.9. The van der Waals surface area contributed by atoms with Crippen LogP contribution in [0.1, 0.15) is 32.0 Å². The Bertz CT molecular complexity index is 722. The molecule has 0 aromatic carbocycles. The quantitative estimate of drug-likeness (QED) is 0.669. The predicted molar refractivity (Wildman–Crippen MR) is 79.2 cm³/mol. The molecule has 0 unspecified atom stereocenters. The van der Waals surface area contributed by atoms with Gasteiger partial charge in [-0.2, -0.15) is 0 Å². The smallest absolute Gasteiger partial charge is 0.282 e. The zero-order valence-electron chi connectivity index (χ0n) is 11.3. The Morgan fingerprint density at radius 3 is 2.95 bits per heavy atom. The Balaban J connectivity index is 1.94. The normalized spacial score (nSPS) is 11.3. The van der Waals surface area contributed by atoms with Crippen LogP contribution < -0.4 is 0 Å². The summed E-state index contributed by atoms with van der Waals surface area (Å²) in [7, 11) is 0. The van der Waals surface area contributed by atoms with E-state index < -0.39 is 0 Å². The molecule has 0 spiro atoms. The van der Waals surface area contributed by atoms with Gasteiger partial charge in [-0.1, -0.05) is 13.8 Å². The lowest BCUT2D eigenvalue weighted by Crippen LogP contribution is -1.94. The summed E-state index contributed by atoms with van der Waals surface area (Å²) in [6.07, 6.45) is 2.62. The average Bonchev–Trinajstić information content (AvgIpc) is 3.08. The van der Waals surface area contributed by atoms with Crippen molar-refractivity contribution < 1.29 is 4.42 Å². The van der Waals surface area contributed by atoms with Crippen LogP contribution in [0, 0.1) is 0 Å². The molecule has 0 aliphatic heterocycles. The first-order chi connectivity index (χ1) is 9.80. The van der Waals surface area contributed by atoms with Gasteiger partial charge >= 0.3 is 0 Å². The molecule has 0 saturated heterocycles. The van der Waals surface area contributed by atoms with Crippen LogP contribution in [0.2, 0.25) is 0 Å². The van der Waals surface area contributed by atoms with Gasteiger partial charge in [0, 0.05) is 18.2 Å². The Morgan fingerprint density at radius 1 is 1.25 bits per heavy atom. The molecular weight excluding hydrogens is 292 g/mol. The number of hydrogen-bond acceptors (Lipinski definition) is 7. The van der Waals surface area contributed by atoms with Gasteiger partial charge in [0.15, 0.2) is 0 Å². The second kappa shape index (κ2) is 5.88. The largest absolute Gasteiger partial charge is 0.416 e. The van der Waals surface area contributed by atoms with Crippen LogP contribution in [0.3, 0.4) is 0 Å². The molecule has 0 aliphatic rings. The molecule has 0 saturated carbocycles. The first-order valence-corrected chi connectivity index (χ1v) is 8.24. The fourth-order valence-electron chi connectivity index (χ4n) is 1.78. The van der Waals surface area contributed by atoms with Crippen LogP contribution in [0.5, 0.6) is 0 Å². The van der Waals surface area contributed by atoms with Gasteiger partial charge in [0.05, 0.1) is 0 Å². The lowest BCUT2D eigenvalue weighted by molar-refractivity contribution is 0.411. The minimum absolute atomic E-state index is 0.543. The highest BCUT2D eigenvalue weighted by Gasteiger charge is 2.13. The van der Waals surface area contributed by atoms with Crippen molar-refractivity contribution in [1.82, 2.24) is 20.2 Å². The highest BCUT2D eigenvalue weighted by Crippen LogP contribution is 2.33. The van der Waals surface area contributed by atoms with E-state index in [1.807, 2.05) is 11.4 Å². The van der Waals surface area contributed by atoms with E-state index in [-0.39, 0.29) is 0 Å². The van der Waals surface area contributed by atoms with Crippen LogP contribution in [-0.4, -0.2) is 20.2 Å². The van der Waals surface area contributed by atoms with Crippen molar-refractivity contribution in [2.45, 2.75) is 43.4 Å². The van der Waals surface area contributed by atoms with Gasteiger partial charge in [0.1, 0.15) is 15.7 Å². The molecule has 0 atom stereocenters. The molecule has 20 heavy (non-hydrogen) atoms. The highest BCUT2D eigenvalue weighted by molar-refractivity contribution is 7.99. The molecule has 104 valence electrons. The van der Waals surface area contributed by atoms with E-state index in [4.69, 9.17) is 4.42 Å². The van der Waals surface area contributed by atoms with Gasteiger partial charge in [0.2, 0.25) is 5.89 Å². The second-order valence-electron chi connectivity index (χ2n) is 4.25. The number of hydrogen-bond donors (Lipinski definition) is 0. The fraction of sp³-hybridized carbons (Fsp3) is 0.385. The van der Waals surface area contributed by atoms with Crippen molar-refractivity contribution in [2.24, 2.45) is 0 Å². The number of rotatable bonds is 5. The molecule has 0 bridgehead atoms. The maximum Gasteiger partial charge on any atom is 0.282 e. The van der Waals surface area contributed by atoms with Crippen molar-refractivity contribution >= 4 is 33.3 Å². The van der Waals surface area contributed by atoms with Crippen molar-refractivity contribution in [3.63, 3.8) is 0 Å². The highest BCUT2D eigenvalue weighted by atomic mass is 32.2. The van der Waals surface area contributed by atoms with Crippen LogP contribution >= 0.6 is 23.1 Å². The molecular formula is C13H14N4OS2. The number of aryl methyl sites for hydroxylation is 2. The summed E-state index contributed by atoms with van der Waals surface area (Å²) in [6, 6.07) is 2.03. The van der Waals surface area contributed by atoms with Crippen molar-refractivity contribution in [2.75, 3.05) is 0 Å². The maximum absolute atomic E-state index is 5.61. The van der Waals surface area contributed by atoms with E-state index in [2.05, 4.69) is 34.0 Å². The fourth-order valence-corrected chi connectivity index (χ4v) is 3.44. The summed E-state index contributed by atoms with van der Waals surface area (Å²) in [6.45, 7) is 4.14. The molecule has 3 rings (SSSR count). The van der Waals surface area contributed by atoms with E-state index in [0.717, 1.165) is 40.3 Å². The van der Waals surface area contributed by atoms with Crippen molar-refractivity contribution in [3.8, 4) is 0 Å². The third-order valence-electron chi connectivity index (χ3n) is 2.75. The number of fused-ring (bicyclic) bond motifs is 1. The molecule has 5 nitrogen and oxygen atoms in total. The number of thiophene rings is 1. The molecule has 3 aromatic rings. The Kier molecular flexibility index (Phi) is 3.98. The van der Waals surface area contributed by atoms with E-state index in [1.54, 1.807) is 11.3 Å². The van der Waals surface area contributed by atoms with Crippen molar-refractivity contribution in [1.29, 1.82) is 0 Å². The van der Waals surface area contributed by atoms with Gasteiger partial charge in [-0.05, 0) is 29.6 Å². The molecule has 7 heteroatoms. The zero-order chi connectivity index (χ0) is 13.9. The summed E-state index contributed by atoms with van der Waals surface area (Å²) in [5.41, 5.74) is 0. The Labute approximate surface area is 124 Å². The standard InChI is InChI=1S/C13H14N4OS2/c1-3-5-10-16-17-13(18-10)20-12-8-6-7-19-11(8)14-9(4-2)15-12/h6-7H,3-5H2,1-2H3. The van der Waals surface area contributed by atoms with Gasteiger partial charge < -0.3 is 4.42 Å². The minimum atomic E-state index is 0.543. The Morgan fingerprint density at radius 2 is 2.15 bits per heavy atom. The third kappa shape index (κ3) is 2.69. The first kappa shape index (κ1) is 13.5. The van der Waals surface area contributed by atoms with Crippen molar-refractivity contribution in [3.05, 3.63) is 23.2 Å². The average molecular weight is 306 g/mol. The monoisotopic (exact) mass is 306 g/mol. The van der Waals surface area contributed by atoms with Gasteiger partial charge in [-0.15, -0.1) is 21.5 Å². The summed E-state index contributed by atoms with van der Waals surface area (Å²) < 4.78 is 5.61. The number of nitrogens with zero attached hydrogens (tertiary/aromatic N) is 4. The summed E-state index contributed by atoms with van der Waals surface area (Å²) in [5, 5.41) is 12.6. The lowest BCUT2D eigenvalue weighted by Gasteiger charge is -2.01. The molecule has 0 radical (unpaired) electrons. The topological polar surface area (TPSA) is 64.7 Å². The summed E-state index contributed by atoms with van der Waals surface area (Å²) in [4.78, 5) is 10.1. The Hall–Kier alpha value is -1.47. The van der Waals surface area contributed by atoms with Crippen LogP contribution in [-0.2, 0) is 12.8 Å². The predicted octanol–water partition coefficient (Wildman–Crippen LogP) is 3.74. The second-order valence-corrected chi connectivity index (χ2v) is 6.09. The molecule has 3 heterocycles.